The summed E-state index contributed by atoms with van der Waals surface area (Å²) in [6.07, 6.45) is 0.567. The number of hydrogen-bond acceptors (Lipinski definition) is 1. The van der Waals surface area contributed by atoms with Gasteiger partial charge in [0.15, 0.2) is 0 Å². The maximum absolute atomic E-state index is 12.6. The van der Waals surface area contributed by atoms with E-state index in [4.69, 9.17) is 0 Å². The first-order valence-electron chi connectivity index (χ1n) is 7.64. The lowest BCUT2D eigenvalue weighted by Gasteiger charge is -2.21. The van der Waals surface area contributed by atoms with Crippen LogP contribution in [0.3, 0.4) is 0 Å². The highest BCUT2D eigenvalue weighted by atomic mass is 19.4. The summed E-state index contributed by atoms with van der Waals surface area (Å²) < 4.78 is 37.8. The number of carbonyl (C=O) groups is 1. The molecule has 2 fully saturated rings. The zero-order valence-corrected chi connectivity index (χ0v) is 12.1. The normalized spacial score (nSPS) is 27.0. The van der Waals surface area contributed by atoms with Crippen LogP contribution in [0.25, 0.3) is 0 Å². The number of amides is 2. The molecule has 0 spiro atoms. The molecule has 0 unspecified atom stereocenters. The number of halogens is 3. The zero-order valence-electron chi connectivity index (χ0n) is 12.1. The third-order valence-electron chi connectivity index (χ3n) is 4.86. The Kier molecular flexibility index (Phi) is 4.02. The van der Waals surface area contributed by atoms with E-state index in [1.54, 1.807) is 0 Å². The summed E-state index contributed by atoms with van der Waals surface area (Å²) in [7, 11) is 0. The van der Waals surface area contributed by atoms with Crippen molar-refractivity contribution < 1.29 is 18.0 Å². The van der Waals surface area contributed by atoms with Crippen LogP contribution in [-0.2, 0) is 6.18 Å². The van der Waals surface area contributed by atoms with Crippen LogP contribution in [0.5, 0.6) is 0 Å². The zero-order chi connectivity index (χ0) is 15.7. The summed E-state index contributed by atoms with van der Waals surface area (Å²) >= 11 is 0. The molecule has 3 rings (SSSR count). The van der Waals surface area contributed by atoms with Gasteiger partial charge < -0.3 is 10.6 Å². The minimum atomic E-state index is -4.41. The number of fused-ring (bicyclic) bond motifs is 2. The summed E-state index contributed by atoms with van der Waals surface area (Å²) in [6.45, 7) is 0.603. The van der Waals surface area contributed by atoms with Crippen molar-refractivity contribution in [2.24, 2.45) is 17.8 Å². The van der Waals surface area contributed by atoms with Crippen LogP contribution >= 0.6 is 0 Å². The van der Waals surface area contributed by atoms with Crippen molar-refractivity contribution in [3.8, 4) is 0 Å². The maximum Gasteiger partial charge on any atom is 0.416 e. The van der Waals surface area contributed by atoms with Crippen molar-refractivity contribution in [2.45, 2.75) is 31.9 Å². The minimum absolute atomic E-state index is 0.153. The first-order chi connectivity index (χ1) is 10.4. The predicted molar refractivity (Wildman–Crippen MR) is 77.4 cm³/mol. The molecule has 6 heteroatoms. The molecule has 3 atom stereocenters. The SMILES string of the molecule is O=C(NC[C@H]1C[C@H]2CC[C@@H]1C2)Nc1cccc(C(F)(F)F)c1. The third-order valence-corrected chi connectivity index (χ3v) is 4.86. The topological polar surface area (TPSA) is 41.1 Å². The molecule has 0 radical (unpaired) electrons. The maximum atomic E-state index is 12.6. The number of anilines is 1. The van der Waals surface area contributed by atoms with Crippen LogP contribution < -0.4 is 10.6 Å². The monoisotopic (exact) mass is 312 g/mol. The highest BCUT2D eigenvalue weighted by molar-refractivity contribution is 5.89. The van der Waals surface area contributed by atoms with Crippen LogP contribution in [0.4, 0.5) is 23.7 Å². The molecule has 2 aliphatic carbocycles. The second kappa shape index (κ2) is 5.82. The van der Waals surface area contributed by atoms with Gasteiger partial charge >= 0.3 is 12.2 Å². The van der Waals surface area contributed by atoms with E-state index < -0.39 is 17.8 Å². The van der Waals surface area contributed by atoms with E-state index >= 15 is 0 Å². The van der Waals surface area contributed by atoms with Crippen LogP contribution in [0.1, 0.15) is 31.2 Å². The van der Waals surface area contributed by atoms with Gasteiger partial charge in [0.2, 0.25) is 0 Å². The molecule has 0 heterocycles. The summed E-state index contributed by atoms with van der Waals surface area (Å²) in [6, 6.07) is 4.22. The number of hydrogen-bond donors (Lipinski definition) is 2. The molecule has 1 aromatic rings. The molecular formula is C16H19F3N2O. The van der Waals surface area contributed by atoms with Crippen molar-refractivity contribution in [1.82, 2.24) is 5.32 Å². The number of carbonyl (C=O) groups excluding carboxylic acids is 1. The molecule has 2 aliphatic rings. The first-order valence-corrected chi connectivity index (χ1v) is 7.64. The Morgan fingerprint density at radius 3 is 2.68 bits per heavy atom. The highest BCUT2D eigenvalue weighted by Crippen LogP contribution is 2.47. The van der Waals surface area contributed by atoms with Crippen molar-refractivity contribution in [1.29, 1.82) is 0 Å². The van der Waals surface area contributed by atoms with Gasteiger partial charge in [-0.2, -0.15) is 13.2 Å². The molecule has 0 saturated heterocycles. The van der Waals surface area contributed by atoms with Crippen LogP contribution in [-0.4, -0.2) is 12.6 Å². The van der Waals surface area contributed by atoms with E-state index in [0.29, 0.717) is 18.4 Å². The fourth-order valence-electron chi connectivity index (χ4n) is 3.80. The molecule has 1 aromatic carbocycles. The lowest BCUT2D eigenvalue weighted by Crippen LogP contribution is -2.34. The predicted octanol–water partition coefficient (Wildman–Crippen LogP) is 4.26. The van der Waals surface area contributed by atoms with E-state index in [2.05, 4.69) is 10.6 Å². The van der Waals surface area contributed by atoms with E-state index in [-0.39, 0.29) is 5.69 Å². The second-order valence-electron chi connectivity index (χ2n) is 6.35. The summed E-state index contributed by atoms with van der Waals surface area (Å²) in [5.41, 5.74) is -0.612. The van der Waals surface area contributed by atoms with Gasteiger partial charge in [-0.3, -0.25) is 0 Å². The number of benzene rings is 1. The number of rotatable bonds is 3. The van der Waals surface area contributed by atoms with Gasteiger partial charge in [0.05, 0.1) is 5.56 Å². The molecule has 0 aromatic heterocycles. The van der Waals surface area contributed by atoms with E-state index in [1.807, 2.05) is 0 Å². The standard InChI is InChI=1S/C16H19F3N2O/c17-16(18,19)13-2-1-3-14(8-13)21-15(22)20-9-12-7-10-4-5-11(12)6-10/h1-3,8,10-12H,4-7,9H2,(H2,20,21,22)/t10-,11+,12+/m0/s1. The van der Waals surface area contributed by atoms with Gasteiger partial charge in [-0.25, -0.2) is 4.79 Å². The van der Waals surface area contributed by atoms with Gasteiger partial charge in [0.25, 0.3) is 0 Å². The van der Waals surface area contributed by atoms with Gasteiger partial charge in [0.1, 0.15) is 0 Å². The molecule has 120 valence electrons. The number of urea groups is 1. The average molecular weight is 312 g/mol. The summed E-state index contributed by atoms with van der Waals surface area (Å²) in [5.74, 6) is 2.04. The number of nitrogens with one attached hydrogen (secondary N) is 2. The quantitative estimate of drug-likeness (QED) is 0.860. The first kappa shape index (κ1) is 15.2. The van der Waals surface area contributed by atoms with Crippen molar-refractivity contribution >= 4 is 11.7 Å². The minimum Gasteiger partial charge on any atom is -0.338 e. The number of alkyl halides is 3. The summed E-state index contributed by atoms with van der Waals surface area (Å²) in [5, 5.41) is 5.26. The van der Waals surface area contributed by atoms with E-state index in [9.17, 15) is 18.0 Å². The summed E-state index contributed by atoms with van der Waals surface area (Å²) in [4.78, 5) is 11.8. The smallest absolute Gasteiger partial charge is 0.338 e. The lowest BCUT2D eigenvalue weighted by molar-refractivity contribution is -0.137. The van der Waals surface area contributed by atoms with Crippen molar-refractivity contribution in [3.05, 3.63) is 29.8 Å². The Morgan fingerprint density at radius 1 is 1.23 bits per heavy atom. The van der Waals surface area contributed by atoms with Crippen LogP contribution in [0.15, 0.2) is 24.3 Å². The third kappa shape index (κ3) is 3.36. The Balaban J connectivity index is 1.51. The Bertz CT molecular complexity index is 559. The molecule has 0 aliphatic heterocycles. The average Bonchev–Trinajstić information content (AvgIpc) is 3.07. The van der Waals surface area contributed by atoms with E-state index in [0.717, 1.165) is 24.5 Å². The van der Waals surface area contributed by atoms with E-state index in [1.165, 1.54) is 31.4 Å². The molecule has 2 saturated carbocycles. The molecule has 3 nitrogen and oxygen atoms in total. The van der Waals surface area contributed by atoms with Crippen LogP contribution in [0.2, 0.25) is 0 Å². The fourth-order valence-corrected chi connectivity index (χ4v) is 3.80. The van der Waals surface area contributed by atoms with Gasteiger partial charge in [-0.1, -0.05) is 12.5 Å². The molecule has 2 bridgehead atoms. The molecule has 22 heavy (non-hydrogen) atoms. The van der Waals surface area contributed by atoms with Gasteiger partial charge in [-0.05, 0) is 55.2 Å². The Hall–Kier alpha value is -1.72. The Labute approximate surface area is 127 Å². The molecule has 2 amide bonds. The van der Waals surface area contributed by atoms with Crippen LogP contribution in [0, 0.1) is 17.8 Å². The lowest BCUT2D eigenvalue weighted by atomic mass is 9.89. The Morgan fingerprint density at radius 2 is 2.05 bits per heavy atom. The van der Waals surface area contributed by atoms with Gasteiger partial charge in [-0.15, -0.1) is 0 Å². The van der Waals surface area contributed by atoms with Gasteiger partial charge in [0, 0.05) is 12.2 Å². The molecular weight excluding hydrogens is 293 g/mol. The molecule has 2 N–H and O–H groups in total. The van der Waals surface area contributed by atoms with Crippen molar-refractivity contribution in [2.75, 3.05) is 11.9 Å². The largest absolute Gasteiger partial charge is 0.416 e. The highest BCUT2D eigenvalue weighted by Gasteiger charge is 2.39. The fraction of sp³-hybridized carbons (Fsp3) is 0.562. The van der Waals surface area contributed by atoms with Crippen molar-refractivity contribution in [3.63, 3.8) is 0 Å². The second-order valence-corrected chi connectivity index (χ2v) is 6.35.